The average Bonchev–Trinajstić information content (AvgIpc) is 3.08. The van der Waals surface area contributed by atoms with Gasteiger partial charge in [-0.2, -0.15) is 0 Å². The Morgan fingerprint density at radius 1 is 1.22 bits per heavy atom. The molecule has 2 atom stereocenters. The number of rotatable bonds is 6. The third-order valence-electron chi connectivity index (χ3n) is 4.77. The van der Waals surface area contributed by atoms with Gasteiger partial charge in [0.15, 0.2) is 0 Å². The van der Waals surface area contributed by atoms with Crippen molar-refractivity contribution in [3.63, 3.8) is 0 Å². The van der Waals surface area contributed by atoms with Crippen molar-refractivity contribution >= 4 is 17.6 Å². The zero-order chi connectivity index (χ0) is 19.4. The Morgan fingerprint density at radius 2 is 1.89 bits per heavy atom. The third kappa shape index (κ3) is 4.31. The van der Waals surface area contributed by atoms with Crippen molar-refractivity contribution in [1.82, 2.24) is 4.90 Å². The van der Waals surface area contributed by atoms with E-state index in [0.29, 0.717) is 12.1 Å². The molecule has 0 unspecified atom stereocenters. The molecule has 1 heterocycles. The average molecular weight is 368 g/mol. The highest BCUT2D eigenvalue weighted by molar-refractivity contribution is 5.87. The zero-order valence-electron chi connectivity index (χ0n) is 14.9. The summed E-state index contributed by atoms with van der Waals surface area (Å²) in [5.74, 6) is -0.991. The number of amides is 1. The number of ether oxygens (including phenoxy) is 1. The van der Waals surface area contributed by atoms with E-state index < -0.39 is 16.8 Å². The third-order valence-corrected chi connectivity index (χ3v) is 4.77. The van der Waals surface area contributed by atoms with Crippen LogP contribution in [0.4, 0.5) is 5.69 Å². The van der Waals surface area contributed by atoms with Crippen LogP contribution < -0.4 is 0 Å². The van der Waals surface area contributed by atoms with E-state index >= 15 is 0 Å². The van der Waals surface area contributed by atoms with Gasteiger partial charge in [0, 0.05) is 25.1 Å². The van der Waals surface area contributed by atoms with E-state index in [1.165, 1.54) is 12.1 Å². The highest BCUT2D eigenvalue weighted by Gasteiger charge is 2.37. The predicted molar refractivity (Wildman–Crippen MR) is 97.6 cm³/mol. The maximum Gasteiger partial charge on any atom is 0.311 e. The molecule has 7 nitrogen and oxygen atoms in total. The van der Waals surface area contributed by atoms with Crippen LogP contribution in [0.5, 0.6) is 0 Å². The molecule has 1 saturated heterocycles. The Hall–Kier alpha value is -3.22. The Morgan fingerprint density at radius 3 is 2.52 bits per heavy atom. The monoisotopic (exact) mass is 368 g/mol. The second-order valence-electron chi connectivity index (χ2n) is 6.57. The second-order valence-corrected chi connectivity index (χ2v) is 6.57. The molecule has 2 aromatic carbocycles. The van der Waals surface area contributed by atoms with E-state index in [4.69, 9.17) is 4.74 Å². The maximum atomic E-state index is 12.3. The Bertz CT molecular complexity index is 835. The van der Waals surface area contributed by atoms with Crippen LogP contribution in [0.1, 0.15) is 30.5 Å². The minimum atomic E-state index is -0.498. The molecule has 0 radical (unpaired) electrons. The Balaban J connectivity index is 1.56. The summed E-state index contributed by atoms with van der Waals surface area (Å²) in [6, 6.07) is 15.4. The first-order valence-corrected chi connectivity index (χ1v) is 8.70. The van der Waals surface area contributed by atoms with E-state index in [0.717, 1.165) is 5.56 Å². The van der Waals surface area contributed by atoms with Gasteiger partial charge in [-0.3, -0.25) is 19.7 Å². The number of nitro groups is 1. The molecule has 0 saturated carbocycles. The number of nitro benzene ring substituents is 1. The number of carbonyl (C=O) groups excluding carboxylic acids is 2. The van der Waals surface area contributed by atoms with Gasteiger partial charge >= 0.3 is 5.97 Å². The maximum absolute atomic E-state index is 12.3. The lowest BCUT2D eigenvalue weighted by Gasteiger charge is -2.25. The van der Waals surface area contributed by atoms with Crippen molar-refractivity contribution in [2.45, 2.75) is 26.0 Å². The van der Waals surface area contributed by atoms with E-state index in [1.54, 1.807) is 17.0 Å². The summed E-state index contributed by atoms with van der Waals surface area (Å²) < 4.78 is 5.31. The van der Waals surface area contributed by atoms with Crippen LogP contribution >= 0.6 is 0 Å². The summed E-state index contributed by atoms with van der Waals surface area (Å²) in [5, 5.41) is 10.7. The van der Waals surface area contributed by atoms with Gasteiger partial charge in [-0.1, -0.05) is 30.3 Å². The molecule has 1 amide bonds. The van der Waals surface area contributed by atoms with Crippen LogP contribution in [0, 0.1) is 16.0 Å². The van der Waals surface area contributed by atoms with Crippen molar-refractivity contribution in [2.75, 3.05) is 6.54 Å². The van der Waals surface area contributed by atoms with Gasteiger partial charge in [0.25, 0.3) is 5.69 Å². The molecular weight excluding hydrogens is 348 g/mol. The molecule has 1 fully saturated rings. The fraction of sp³-hybridized carbons (Fsp3) is 0.300. The number of nitrogens with zero attached hydrogens (tertiary/aromatic N) is 2. The smallest absolute Gasteiger partial charge is 0.311 e. The summed E-state index contributed by atoms with van der Waals surface area (Å²) in [5.41, 5.74) is 1.66. The topological polar surface area (TPSA) is 89.8 Å². The first-order chi connectivity index (χ1) is 13.0. The van der Waals surface area contributed by atoms with Crippen LogP contribution in [0.3, 0.4) is 0 Å². The van der Waals surface area contributed by atoms with Gasteiger partial charge in [0.2, 0.25) is 5.91 Å². The largest absolute Gasteiger partial charge is 0.461 e. The summed E-state index contributed by atoms with van der Waals surface area (Å²) >= 11 is 0. The molecule has 1 aliphatic heterocycles. The minimum absolute atomic E-state index is 0.0167. The fourth-order valence-electron chi connectivity index (χ4n) is 3.16. The quantitative estimate of drug-likeness (QED) is 0.443. The normalized spacial score (nSPS) is 17.6. The molecular formula is C20H20N2O5. The van der Waals surface area contributed by atoms with Gasteiger partial charge < -0.3 is 9.64 Å². The van der Waals surface area contributed by atoms with Gasteiger partial charge in [0.05, 0.1) is 16.9 Å². The number of benzene rings is 2. The molecule has 0 spiro atoms. The van der Waals surface area contributed by atoms with Crippen molar-refractivity contribution in [1.29, 1.82) is 0 Å². The van der Waals surface area contributed by atoms with E-state index in [1.807, 2.05) is 37.3 Å². The standard InChI is InChI=1S/C20H20N2O5/c1-14(16-5-3-2-4-6-16)21-12-17(11-19(21)23)20(24)27-13-15-7-9-18(10-8-15)22(25)26/h2-10,14,17H,11-13H2,1H3/t14-,17-/m1/s1. The molecule has 3 rings (SSSR count). The SMILES string of the molecule is C[C@H](c1ccccc1)N1C[C@H](C(=O)OCc2ccc([N+](=O)[O-])cc2)CC1=O. The lowest BCUT2D eigenvalue weighted by atomic mass is 10.1. The zero-order valence-corrected chi connectivity index (χ0v) is 14.9. The predicted octanol–water partition coefficient (Wildman–Crippen LogP) is 3.25. The van der Waals surface area contributed by atoms with Gasteiger partial charge in [-0.15, -0.1) is 0 Å². The van der Waals surface area contributed by atoms with Crippen LogP contribution in [0.2, 0.25) is 0 Å². The number of hydrogen-bond donors (Lipinski definition) is 0. The van der Waals surface area contributed by atoms with Crippen molar-refractivity contribution < 1.29 is 19.2 Å². The second kappa shape index (κ2) is 7.99. The Kier molecular flexibility index (Phi) is 5.49. The molecule has 140 valence electrons. The Labute approximate surface area is 156 Å². The molecule has 0 aromatic heterocycles. The highest BCUT2D eigenvalue weighted by Crippen LogP contribution is 2.29. The van der Waals surface area contributed by atoms with Crippen molar-refractivity contribution in [2.24, 2.45) is 5.92 Å². The van der Waals surface area contributed by atoms with Gasteiger partial charge in [-0.25, -0.2) is 0 Å². The van der Waals surface area contributed by atoms with Crippen LogP contribution in [0.25, 0.3) is 0 Å². The number of esters is 1. The summed E-state index contributed by atoms with van der Waals surface area (Å²) in [6.45, 7) is 2.29. The minimum Gasteiger partial charge on any atom is -0.461 e. The van der Waals surface area contributed by atoms with Crippen LogP contribution in [0.15, 0.2) is 54.6 Å². The summed E-state index contributed by atoms with van der Waals surface area (Å²) in [4.78, 5) is 36.5. The molecule has 27 heavy (non-hydrogen) atoms. The molecule has 7 heteroatoms. The summed E-state index contributed by atoms with van der Waals surface area (Å²) in [6.07, 6.45) is 0.135. The lowest BCUT2D eigenvalue weighted by Crippen LogP contribution is -2.29. The first-order valence-electron chi connectivity index (χ1n) is 8.70. The number of likely N-dealkylation sites (tertiary alicyclic amines) is 1. The van der Waals surface area contributed by atoms with E-state index in [2.05, 4.69) is 0 Å². The lowest BCUT2D eigenvalue weighted by molar-refractivity contribution is -0.384. The summed E-state index contributed by atoms with van der Waals surface area (Å²) in [7, 11) is 0. The number of hydrogen-bond acceptors (Lipinski definition) is 5. The van der Waals surface area contributed by atoms with Gasteiger partial charge in [-0.05, 0) is 30.2 Å². The van der Waals surface area contributed by atoms with E-state index in [9.17, 15) is 19.7 Å². The van der Waals surface area contributed by atoms with Crippen LogP contribution in [-0.2, 0) is 20.9 Å². The molecule has 0 aliphatic carbocycles. The van der Waals surface area contributed by atoms with Crippen LogP contribution in [-0.4, -0.2) is 28.2 Å². The molecule has 0 bridgehead atoms. The molecule has 2 aromatic rings. The van der Waals surface area contributed by atoms with Crippen molar-refractivity contribution in [3.05, 3.63) is 75.8 Å². The number of carbonyl (C=O) groups is 2. The highest BCUT2D eigenvalue weighted by atomic mass is 16.6. The number of non-ortho nitro benzene ring substituents is 1. The van der Waals surface area contributed by atoms with Gasteiger partial charge in [0.1, 0.15) is 6.61 Å². The molecule has 0 N–H and O–H groups in total. The molecule has 1 aliphatic rings. The van der Waals surface area contributed by atoms with E-state index in [-0.39, 0.29) is 30.7 Å². The fourth-order valence-corrected chi connectivity index (χ4v) is 3.16. The first kappa shape index (κ1) is 18.6. The van der Waals surface area contributed by atoms with Crippen molar-refractivity contribution in [3.8, 4) is 0 Å².